The predicted molar refractivity (Wildman–Crippen MR) is 60.0 cm³/mol. The van der Waals surface area contributed by atoms with E-state index in [9.17, 15) is 14.9 Å². The fourth-order valence-corrected chi connectivity index (χ4v) is 1.64. The van der Waals surface area contributed by atoms with Crippen LogP contribution in [-0.2, 0) is 0 Å². The van der Waals surface area contributed by atoms with Crippen molar-refractivity contribution in [3.8, 4) is 10.9 Å². The molecule has 0 unspecified atom stereocenters. The number of carboxylic acids is 1. The van der Waals surface area contributed by atoms with Gasteiger partial charge in [-0.1, -0.05) is 16.4 Å². The largest absolute Gasteiger partial charge is 0.477 e. The molecular weight excluding hydrogens is 262 g/mol. The van der Waals surface area contributed by atoms with E-state index in [1.807, 2.05) is 0 Å². The van der Waals surface area contributed by atoms with Crippen LogP contribution < -0.4 is 4.74 Å². The van der Waals surface area contributed by atoms with Crippen molar-refractivity contribution in [2.75, 3.05) is 0 Å². The Kier molecular flexibility index (Phi) is 3.15. The third-order valence-electron chi connectivity index (χ3n) is 1.94. The zero-order valence-electron chi connectivity index (χ0n) is 8.64. The zero-order valence-corrected chi connectivity index (χ0v) is 9.46. The summed E-state index contributed by atoms with van der Waals surface area (Å²) in [6.45, 7) is 0. The summed E-state index contributed by atoms with van der Waals surface area (Å²) < 4.78 is 5.20. The lowest BCUT2D eigenvalue weighted by atomic mass is 10.2. The van der Waals surface area contributed by atoms with Crippen LogP contribution in [0.2, 0.25) is 0 Å². The topological polar surface area (TPSA) is 115 Å². The molecule has 1 aromatic carbocycles. The maximum atomic E-state index is 10.9. The van der Waals surface area contributed by atoms with E-state index in [-0.39, 0.29) is 10.9 Å². The molecule has 0 amide bonds. The van der Waals surface area contributed by atoms with Gasteiger partial charge in [0.05, 0.1) is 4.92 Å². The summed E-state index contributed by atoms with van der Waals surface area (Å²) in [6, 6.07) is 3.44. The van der Waals surface area contributed by atoms with Gasteiger partial charge in [-0.2, -0.15) is 0 Å². The van der Waals surface area contributed by atoms with Crippen molar-refractivity contribution in [2.24, 2.45) is 0 Å². The number of nitro groups is 1. The molecule has 1 aromatic heterocycles. The highest BCUT2D eigenvalue weighted by Gasteiger charge is 2.20. The summed E-state index contributed by atoms with van der Waals surface area (Å²) in [5.74, 6) is -1.25. The highest BCUT2D eigenvalue weighted by atomic mass is 32.1. The molecule has 92 valence electrons. The summed E-state index contributed by atoms with van der Waals surface area (Å²) in [7, 11) is 0. The quantitative estimate of drug-likeness (QED) is 0.664. The third-order valence-corrected chi connectivity index (χ3v) is 2.51. The van der Waals surface area contributed by atoms with Crippen molar-refractivity contribution in [2.45, 2.75) is 0 Å². The zero-order chi connectivity index (χ0) is 13.1. The Hall–Kier alpha value is -2.55. The Morgan fingerprint density at radius 1 is 1.50 bits per heavy atom. The van der Waals surface area contributed by atoms with Crippen molar-refractivity contribution in [1.82, 2.24) is 10.2 Å². The Bertz CT molecular complexity index is 598. The predicted octanol–water partition coefficient (Wildman–Crippen LogP) is 1.94. The summed E-state index contributed by atoms with van der Waals surface area (Å²) in [5.41, 5.74) is 0.507. The van der Waals surface area contributed by atoms with E-state index in [0.717, 1.165) is 23.5 Å². The molecule has 0 fully saturated rings. The highest BCUT2D eigenvalue weighted by Crippen LogP contribution is 2.28. The van der Waals surface area contributed by atoms with Gasteiger partial charge in [-0.15, -0.1) is 5.10 Å². The van der Waals surface area contributed by atoms with E-state index in [1.165, 1.54) is 11.6 Å². The number of hydrogen-bond donors (Lipinski definition) is 1. The minimum Gasteiger partial charge on any atom is -0.477 e. The third kappa shape index (κ3) is 2.40. The first-order valence-corrected chi connectivity index (χ1v) is 5.41. The molecule has 8 nitrogen and oxygen atoms in total. The van der Waals surface area contributed by atoms with Gasteiger partial charge in [0, 0.05) is 12.1 Å². The van der Waals surface area contributed by atoms with Crippen LogP contribution in [0.3, 0.4) is 0 Å². The van der Waals surface area contributed by atoms with Crippen LogP contribution in [0.5, 0.6) is 10.9 Å². The average Bonchev–Trinajstić information content (AvgIpc) is 2.81. The first-order chi connectivity index (χ1) is 8.58. The molecule has 0 aliphatic heterocycles. The Morgan fingerprint density at radius 3 is 2.83 bits per heavy atom. The summed E-state index contributed by atoms with van der Waals surface area (Å²) in [5, 5.41) is 26.9. The molecule has 0 radical (unpaired) electrons. The van der Waals surface area contributed by atoms with Crippen LogP contribution in [-0.4, -0.2) is 26.2 Å². The SMILES string of the molecule is O=C(O)c1cc(Oc2nncs2)ccc1[N+](=O)[O-]. The molecule has 0 aliphatic carbocycles. The number of hydrogen-bond acceptors (Lipinski definition) is 7. The number of carboxylic acid groups (broad SMARTS) is 1. The number of rotatable bonds is 4. The van der Waals surface area contributed by atoms with Gasteiger partial charge in [-0.05, 0) is 6.07 Å². The van der Waals surface area contributed by atoms with Crippen molar-refractivity contribution >= 4 is 23.0 Å². The first kappa shape index (κ1) is 11.9. The van der Waals surface area contributed by atoms with E-state index in [2.05, 4.69) is 10.2 Å². The molecule has 2 rings (SSSR count). The fourth-order valence-electron chi connectivity index (χ4n) is 1.22. The highest BCUT2D eigenvalue weighted by molar-refractivity contribution is 7.11. The molecule has 0 atom stereocenters. The van der Waals surface area contributed by atoms with E-state index >= 15 is 0 Å². The fraction of sp³-hybridized carbons (Fsp3) is 0. The summed E-state index contributed by atoms with van der Waals surface area (Å²) in [6.07, 6.45) is 0. The average molecular weight is 267 g/mol. The van der Waals surface area contributed by atoms with E-state index < -0.39 is 22.1 Å². The molecule has 18 heavy (non-hydrogen) atoms. The van der Waals surface area contributed by atoms with Gasteiger partial charge in [0.1, 0.15) is 16.8 Å². The monoisotopic (exact) mass is 267 g/mol. The van der Waals surface area contributed by atoms with Crippen molar-refractivity contribution in [1.29, 1.82) is 0 Å². The Labute approximate surface area is 104 Å². The van der Waals surface area contributed by atoms with Gasteiger partial charge >= 0.3 is 5.97 Å². The molecule has 0 saturated heterocycles. The van der Waals surface area contributed by atoms with Gasteiger partial charge in [-0.3, -0.25) is 10.1 Å². The van der Waals surface area contributed by atoms with Crippen LogP contribution in [0.4, 0.5) is 5.69 Å². The number of nitro benzene ring substituents is 1. The summed E-state index contributed by atoms with van der Waals surface area (Å²) >= 11 is 1.12. The molecule has 1 heterocycles. The maximum Gasteiger partial charge on any atom is 0.342 e. The van der Waals surface area contributed by atoms with Crippen LogP contribution in [0, 0.1) is 10.1 Å². The van der Waals surface area contributed by atoms with Gasteiger partial charge in [0.25, 0.3) is 10.9 Å². The molecule has 0 spiro atoms. The molecule has 0 bridgehead atoms. The number of aromatic nitrogens is 2. The molecule has 1 N–H and O–H groups in total. The smallest absolute Gasteiger partial charge is 0.342 e. The standard InChI is InChI=1S/C9H5N3O5S/c13-8(14)6-3-5(1-2-7(6)12(15)16)17-9-11-10-4-18-9/h1-4H,(H,13,14). The van der Waals surface area contributed by atoms with Gasteiger partial charge < -0.3 is 9.84 Å². The van der Waals surface area contributed by atoms with E-state index in [1.54, 1.807) is 0 Å². The van der Waals surface area contributed by atoms with Crippen molar-refractivity contribution in [3.63, 3.8) is 0 Å². The second kappa shape index (κ2) is 4.75. The van der Waals surface area contributed by atoms with Crippen molar-refractivity contribution in [3.05, 3.63) is 39.4 Å². The van der Waals surface area contributed by atoms with Crippen molar-refractivity contribution < 1.29 is 19.6 Å². The number of benzene rings is 1. The maximum absolute atomic E-state index is 10.9. The van der Waals surface area contributed by atoms with Gasteiger partial charge in [0.2, 0.25) is 0 Å². The molecule has 0 aliphatic rings. The number of nitrogens with zero attached hydrogens (tertiary/aromatic N) is 3. The minimum absolute atomic E-state index is 0.148. The Morgan fingerprint density at radius 2 is 2.28 bits per heavy atom. The minimum atomic E-state index is -1.40. The van der Waals surface area contributed by atoms with Gasteiger partial charge in [-0.25, -0.2) is 4.79 Å². The normalized spacial score (nSPS) is 10.0. The van der Waals surface area contributed by atoms with Gasteiger partial charge in [0.15, 0.2) is 0 Å². The molecule has 0 saturated carbocycles. The Balaban J connectivity index is 2.37. The molecule has 2 aromatic rings. The lowest BCUT2D eigenvalue weighted by Gasteiger charge is -2.03. The lowest BCUT2D eigenvalue weighted by molar-refractivity contribution is -0.385. The lowest BCUT2D eigenvalue weighted by Crippen LogP contribution is -2.02. The number of carbonyl (C=O) groups is 1. The van der Waals surface area contributed by atoms with Crippen LogP contribution in [0.1, 0.15) is 10.4 Å². The molecule has 9 heteroatoms. The van der Waals surface area contributed by atoms with Crippen LogP contribution >= 0.6 is 11.3 Å². The molecular formula is C9H5N3O5S. The summed E-state index contributed by atoms with van der Waals surface area (Å²) in [4.78, 5) is 20.8. The first-order valence-electron chi connectivity index (χ1n) is 4.53. The van der Waals surface area contributed by atoms with E-state index in [0.29, 0.717) is 0 Å². The van der Waals surface area contributed by atoms with Crippen LogP contribution in [0.15, 0.2) is 23.7 Å². The number of aromatic carboxylic acids is 1. The second-order valence-corrected chi connectivity index (χ2v) is 3.84. The van der Waals surface area contributed by atoms with E-state index in [4.69, 9.17) is 9.84 Å². The van der Waals surface area contributed by atoms with Crippen LogP contribution in [0.25, 0.3) is 0 Å². The number of ether oxygens (including phenoxy) is 1. The second-order valence-electron chi connectivity index (χ2n) is 3.05.